The molecule has 410 valence electrons. The van der Waals surface area contributed by atoms with Gasteiger partial charge in [0.15, 0.2) is 23.2 Å². The maximum Gasteiger partial charge on any atom is 0.194 e. The van der Waals surface area contributed by atoms with Crippen molar-refractivity contribution in [3.63, 3.8) is 0 Å². The second-order valence-electron chi connectivity index (χ2n) is 22.2. The highest BCUT2D eigenvalue weighted by molar-refractivity contribution is 6.14. The summed E-state index contributed by atoms with van der Waals surface area (Å²) in [6.45, 7) is 8.67. The number of aromatic nitrogens is 5. The molecule has 3 heterocycles. The van der Waals surface area contributed by atoms with Gasteiger partial charge in [0.2, 0.25) is 0 Å². The first-order valence-electron chi connectivity index (χ1n) is 29.6. The lowest BCUT2D eigenvalue weighted by molar-refractivity contribution is 1.07. The molecule has 0 saturated carbocycles. The quantitative estimate of drug-likeness (QED) is 0.121. The summed E-state index contributed by atoms with van der Waals surface area (Å²) in [6.07, 6.45) is 0. The third-order valence-corrected chi connectivity index (χ3v) is 17.0. The Bertz CT molecular complexity index is 5110. The Hall–Kier alpha value is -12.0. The molecule has 0 fully saturated rings. The summed E-state index contributed by atoms with van der Waals surface area (Å²) in [4.78, 5) is 19.9. The molecular weight excluding hydrogens is 1070 g/mol. The van der Waals surface area contributed by atoms with Gasteiger partial charge in [0.05, 0.1) is 40.0 Å². The van der Waals surface area contributed by atoms with Crippen LogP contribution in [0.5, 0.6) is 0 Å². The molecule has 0 amide bonds. The van der Waals surface area contributed by atoms with E-state index in [4.69, 9.17) is 21.5 Å². The van der Waals surface area contributed by atoms with Crippen molar-refractivity contribution >= 4 is 49.3 Å². The zero-order chi connectivity index (χ0) is 58.5. The van der Waals surface area contributed by atoms with Crippen LogP contribution in [0.2, 0.25) is 0 Å². The highest BCUT2D eigenvalue weighted by atomic mass is 15.0. The van der Waals surface area contributed by atoms with Crippen molar-refractivity contribution in [1.82, 2.24) is 24.1 Å². The average molecular weight is 1120 g/mol. The molecule has 0 unspecified atom stereocenters. The van der Waals surface area contributed by atoms with Gasteiger partial charge in [-0.05, 0) is 140 Å². The maximum absolute atomic E-state index is 8.67. The molecule has 0 aliphatic heterocycles. The molecule has 0 atom stereocenters. The lowest BCUT2D eigenvalue weighted by atomic mass is 9.94. The van der Waals surface area contributed by atoms with Gasteiger partial charge in [0, 0.05) is 43.8 Å². The van der Waals surface area contributed by atoms with E-state index in [1.165, 1.54) is 0 Å². The van der Waals surface area contributed by atoms with E-state index in [1.54, 1.807) is 0 Å². The second kappa shape index (κ2) is 21.9. The van der Waals surface area contributed by atoms with Crippen LogP contribution in [0.1, 0.15) is 0 Å². The molecule has 0 spiro atoms. The fraction of sp³-hybridized carbons (Fsp3) is 0. The van der Waals surface area contributed by atoms with Crippen molar-refractivity contribution in [3.05, 3.63) is 327 Å². The van der Waals surface area contributed by atoms with Gasteiger partial charge in [0.1, 0.15) is 0 Å². The number of hydrogen-bond acceptors (Lipinski definition) is 3. The molecule has 3 aromatic heterocycles. The van der Waals surface area contributed by atoms with Gasteiger partial charge in [-0.2, -0.15) is 0 Å². The standard InChI is InChI=1S/C82H52N6/c1-83-73-35-21-20-34-66(73)68-52-64(40-46-75(68)88-78-44-38-62(56-26-12-4-13-27-56)50-71(78)72-51-63(39-45-79(72)88)57-28-14-5-15-29-57)67-53-65(82-85-80(58-30-16-6-17-31-58)84-81(86-82)59-32-18-7-19-33-59)41-47-74(67)87-76-42-36-60(54-22-8-2-9-23-54)48-69(76)70-49-61(37-43-77(70)87)55-24-10-3-11-25-55/h2-53H. The van der Waals surface area contributed by atoms with Crippen molar-refractivity contribution in [1.29, 1.82) is 0 Å². The normalized spacial score (nSPS) is 11.4. The van der Waals surface area contributed by atoms with Crippen LogP contribution in [-0.4, -0.2) is 24.1 Å². The number of benzene rings is 13. The van der Waals surface area contributed by atoms with E-state index < -0.39 is 0 Å². The first-order valence-corrected chi connectivity index (χ1v) is 29.6. The number of nitrogens with zero attached hydrogens (tertiary/aromatic N) is 6. The van der Waals surface area contributed by atoms with Gasteiger partial charge < -0.3 is 9.13 Å². The third kappa shape index (κ3) is 9.19. The minimum absolute atomic E-state index is 0.549. The molecule has 0 saturated heterocycles. The Morgan fingerprint density at radius 1 is 0.227 bits per heavy atom. The van der Waals surface area contributed by atoms with Crippen molar-refractivity contribution in [2.75, 3.05) is 0 Å². The molecule has 0 aliphatic carbocycles. The largest absolute Gasteiger partial charge is 0.309 e. The molecule has 0 bridgehead atoms. The van der Waals surface area contributed by atoms with Crippen LogP contribution in [0, 0.1) is 6.57 Å². The van der Waals surface area contributed by atoms with Gasteiger partial charge in [-0.3, -0.25) is 0 Å². The van der Waals surface area contributed by atoms with Crippen LogP contribution in [-0.2, 0) is 0 Å². The van der Waals surface area contributed by atoms with Gasteiger partial charge in [-0.15, -0.1) is 0 Å². The fourth-order valence-electron chi connectivity index (χ4n) is 12.8. The van der Waals surface area contributed by atoms with Crippen molar-refractivity contribution in [2.45, 2.75) is 0 Å². The highest BCUT2D eigenvalue weighted by Crippen LogP contribution is 2.46. The SMILES string of the molecule is [C-]#[N+]c1ccccc1-c1cc(-c2cc(-c3nc(-c4ccccc4)nc(-c4ccccc4)n3)ccc2-n2c3ccc(-c4ccccc4)cc3c3cc(-c4ccccc4)ccc32)ccc1-n1c2ccc(-c3ccccc3)cc2c2cc(-c3ccccc3)ccc21. The first kappa shape index (κ1) is 51.6. The molecular formula is C82H52N6. The third-order valence-electron chi connectivity index (χ3n) is 17.0. The maximum atomic E-state index is 8.67. The lowest BCUT2D eigenvalue weighted by Gasteiger charge is -2.20. The number of hydrogen-bond donors (Lipinski definition) is 0. The van der Waals surface area contributed by atoms with E-state index >= 15 is 0 Å². The molecule has 0 aliphatic rings. The van der Waals surface area contributed by atoms with Crippen LogP contribution >= 0.6 is 0 Å². The molecule has 0 N–H and O–H groups in total. The molecule has 13 aromatic carbocycles. The topological polar surface area (TPSA) is 52.9 Å². The molecule has 88 heavy (non-hydrogen) atoms. The summed E-state index contributed by atoms with van der Waals surface area (Å²) in [6, 6.07) is 112. The molecule has 16 rings (SSSR count). The van der Waals surface area contributed by atoms with E-state index in [9.17, 15) is 0 Å². The number of para-hydroxylation sites is 1. The van der Waals surface area contributed by atoms with Gasteiger partial charge in [0.25, 0.3) is 0 Å². The van der Waals surface area contributed by atoms with Gasteiger partial charge in [-0.1, -0.05) is 237 Å². The van der Waals surface area contributed by atoms with Crippen LogP contribution in [0.15, 0.2) is 315 Å². The van der Waals surface area contributed by atoms with E-state index in [2.05, 4.69) is 251 Å². The number of fused-ring (bicyclic) bond motifs is 6. The van der Waals surface area contributed by atoms with Crippen LogP contribution in [0.25, 0.3) is 161 Å². The first-order chi connectivity index (χ1) is 43.6. The Labute approximate surface area is 509 Å². The summed E-state index contributed by atoms with van der Waals surface area (Å²) in [5, 5.41) is 4.55. The van der Waals surface area contributed by atoms with Gasteiger partial charge >= 0.3 is 0 Å². The minimum atomic E-state index is 0.549. The lowest BCUT2D eigenvalue weighted by Crippen LogP contribution is -2.02. The predicted molar refractivity (Wildman–Crippen MR) is 364 cm³/mol. The van der Waals surface area contributed by atoms with E-state index in [1.807, 2.05) is 78.9 Å². The second-order valence-corrected chi connectivity index (χ2v) is 22.2. The van der Waals surface area contributed by atoms with E-state index in [-0.39, 0.29) is 0 Å². The average Bonchev–Trinajstić information content (AvgIpc) is 1.63. The Kier molecular flexibility index (Phi) is 12.8. The Morgan fingerprint density at radius 3 is 0.898 bits per heavy atom. The zero-order valence-electron chi connectivity index (χ0n) is 47.7. The zero-order valence-corrected chi connectivity index (χ0v) is 47.7. The molecule has 6 nitrogen and oxygen atoms in total. The summed E-state index contributed by atoms with van der Waals surface area (Å²) in [7, 11) is 0. The molecule has 16 aromatic rings. The Morgan fingerprint density at radius 2 is 0.523 bits per heavy atom. The van der Waals surface area contributed by atoms with Crippen molar-refractivity contribution in [3.8, 4) is 112 Å². The van der Waals surface area contributed by atoms with Crippen LogP contribution in [0.3, 0.4) is 0 Å². The minimum Gasteiger partial charge on any atom is -0.309 e. The summed E-state index contributed by atoms with van der Waals surface area (Å²) in [5.41, 5.74) is 22.2. The summed E-state index contributed by atoms with van der Waals surface area (Å²) >= 11 is 0. The molecule has 6 heteroatoms. The van der Waals surface area contributed by atoms with Gasteiger partial charge in [-0.25, -0.2) is 19.8 Å². The monoisotopic (exact) mass is 1120 g/mol. The fourth-order valence-corrected chi connectivity index (χ4v) is 12.8. The van der Waals surface area contributed by atoms with Crippen LogP contribution in [0.4, 0.5) is 5.69 Å². The number of rotatable bonds is 11. The van der Waals surface area contributed by atoms with Crippen LogP contribution < -0.4 is 0 Å². The van der Waals surface area contributed by atoms with E-state index in [0.717, 1.165) is 138 Å². The van der Waals surface area contributed by atoms with E-state index in [0.29, 0.717) is 23.2 Å². The van der Waals surface area contributed by atoms with Crippen molar-refractivity contribution in [2.24, 2.45) is 0 Å². The summed E-state index contributed by atoms with van der Waals surface area (Å²) in [5.74, 6) is 1.72. The predicted octanol–water partition coefficient (Wildman–Crippen LogP) is 21.6. The Balaban J connectivity index is 0.979. The smallest absolute Gasteiger partial charge is 0.194 e. The van der Waals surface area contributed by atoms with Crippen molar-refractivity contribution < 1.29 is 0 Å². The molecule has 0 radical (unpaired) electrons. The summed E-state index contributed by atoms with van der Waals surface area (Å²) < 4.78 is 4.82. The highest BCUT2D eigenvalue weighted by Gasteiger charge is 2.24.